The molecular formula is C24H39N5. The Morgan fingerprint density at radius 1 is 1.24 bits per heavy atom. The fourth-order valence-corrected chi connectivity index (χ4v) is 3.78. The van der Waals surface area contributed by atoms with Crippen LogP contribution < -0.4 is 11.2 Å². The molecule has 1 aliphatic carbocycles. The molecule has 0 aromatic heterocycles. The Hall–Kier alpha value is -2.27. The van der Waals surface area contributed by atoms with Crippen LogP contribution in [0.15, 0.2) is 64.0 Å². The summed E-state index contributed by atoms with van der Waals surface area (Å²) in [7, 11) is 4.20. The van der Waals surface area contributed by atoms with Gasteiger partial charge in [-0.3, -0.25) is 15.4 Å². The molecule has 2 atom stereocenters. The smallest absolute Gasteiger partial charge is 0.122 e. The quantitative estimate of drug-likeness (QED) is 0.503. The molecule has 1 saturated heterocycles. The largest absolute Gasteiger partial charge is 0.402 e. The van der Waals surface area contributed by atoms with E-state index in [1.165, 1.54) is 11.1 Å². The number of fused-ring (bicyclic) bond motifs is 2. The molecule has 0 amide bonds. The molecule has 1 heterocycles. The van der Waals surface area contributed by atoms with E-state index in [1.807, 2.05) is 6.92 Å². The zero-order valence-corrected chi connectivity index (χ0v) is 19.1. The fraction of sp³-hybridized carbons (Fsp3) is 0.542. The number of allylic oxidation sites excluding steroid dienone is 5. The van der Waals surface area contributed by atoms with Crippen LogP contribution >= 0.6 is 0 Å². The van der Waals surface area contributed by atoms with E-state index in [0.29, 0.717) is 11.8 Å². The van der Waals surface area contributed by atoms with Crippen molar-refractivity contribution in [3.05, 3.63) is 59.0 Å². The van der Waals surface area contributed by atoms with Crippen LogP contribution in [0.3, 0.4) is 0 Å². The molecule has 5 nitrogen and oxygen atoms in total. The van der Waals surface area contributed by atoms with Crippen molar-refractivity contribution >= 4 is 5.84 Å². The van der Waals surface area contributed by atoms with Crippen molar-refractivity contribution in [2.45, 2.75) is 40.5 Å². The zero-order valence-electron chi connectivity index (χ0n) is 19.1. The van der Waals surface area contributed by atoms with Crippen LogP contribution in [-0.2, 0) is 0 Å². The van der Waals surface area contributed by atoms with E-state index in [0.717, 1.165) is 55.3 Å². The number of nitrogens with zero attached hydrogens (tertiary/aromatic N) is 3. The van der Waals surface area contributed by atoms with Gasteiger partial charge in [0.25, 0.3) is 0 Å². The van der Waals surface area contributed by atoms with Crippen LogP contribution in [0.1, 0.15) is 40.5 Å². The van der Waals surface area contributed by atoms with Gasteiger partial charge in [-0.2, -0.15) is 0 Å². The topological polar surface area (TPSA) is 56.9 Å². The molecule has 0 aromatic carbocycles. The van der Waals surface area contributed by atoms with Crippen molar-refractivity contribution in [2.75, 3.05) is 33.7 Å². The number of hydrazine groups is 1. The molecule has 3 N–H and O–H groups in total. The van der Waals surface area contributed by atoms with Gasteiger partial charge in [-0.25, -0.2) is 0 Å². The highest BCUT2D eigenvalue weighted by atomic mass is 15.5. The summed E-state index contributed by atoms with van der Waals surface area (Å²) in [5.41, 5.74) is 15.0. The maximum atomic E-state index is 6.29. The van der Waals surface area contributed by atoms with Gasteiger partial charge in [0, 0.05) is 30.3 Å². The summed E-state index contributed by atoms with van der Waals surface area (Å²) in [6.07, 6.45) is 11.0. The summed E-state index contributed by atoms with van der Waals surface area (Å²) >= 11 is 0. The molecule has 2 aliphatic rings. The first-order valence-electron chi connectivity index (χ1n) is 10.6. The second kappa shape index (κ2) is 10.5. The van der Waals surface area contributed by atoms with Crippen LogP contribution in [0, 0.1) is 11.8 Å². The van der Waals surface area contributed by atoms with Crippen LogP contribution in [0.4, 0.5) is 0 Å². The van der Waals surface area contributed by atoms with E-state index >= 15 is 0 Å². The first-order chi connectivity index (χ1) is 13.7. The Kier molecular flexibility index (Phi) is 8.32. The highest BCUT2D eigenvalue weighted by Crippen LogP contribution is 2.30. The van der Waals surface area contributed by atoms with Crippen molar-refractivity contribution in [2.24, 2.45) is 22.6 Å². The number of hydrogen-bond donors (Lipinski definition) is 2. The summed E-state index contributed by atoms with van der Waals surface area (Å²) in [4.78, 5) is 7.15. The molecule has 0 spiro atoms. The lowest BCUT2D eigenvalue weighted by Gasteiger charge is -2.31. The van der Waals surface area contributed by atoms with E-state index in [9.17, 15) is 0 Å². The highest BCUT2D eigenvalue weighted by molar-refractivity contribution is 5.86. The third-order valence-corrected chi connectivity index (χ3v) is 5.59. The number of aliphatic imine (C=N–C) groups is 1. The van der Waals surface area contributed by atoms with E-state index < -0.39 is 0 Å². The number of rotatable bonds is 7. The molecule has 1 aliphatic heterocycles. The lowest BCUT2D eigenvalue weighted by molar-refractivity contribution is 0.287. The van der Waals surface area contributed by atoms with Gasteiger partial charge in [-0.1, -0.05) is 36.5 Å². The van der Waals surface area contributed by atoms with Crippen LogP contribution in [0.25, 0.3) is 0 Å². The van der Waals surface area contributed by atoms with Gasteiger partial charge < -0.3 is 10.6 Å². The second-order valence-electron chi connectivity index (χ2n) is 8.65. The maximum absolute atomic E-state index is 6.29. The van der Waals surface area contributed by atoms with Gasteiger partial charge in [0.2, 0.25) is 0 Å². The van der Waals surface area contributed by atoms with E-state index in [1.54, 1.807) is 0 Å². The van der Waals surface area contributed by atoms with Crippen LogP contribution in [-0.4, -0.2) is 49.5 Å². The lowest BCUT2D eigenvalue weighted by atomic mass is 9.94. The normalized spacial score (nSPS) is 23.4. The number of nitrogens with two attached hydrogens (primary N) is 1. The van der Waals surface area contributed by atoms with Crippen molar-refractivity contribution in [1.82, 2.24) is 15.3 Å². The van der Waals surface area contributed by atoms with Gasteiger partial charge in [0.05, 0.1) is 5.70 Å². The van der Waals surface area contributed by atoms with Gasteiger partial charge in [0.1, 0.15) is 5.84 Å². The van der Waals surface area contributed by atoms with Crippen LogP contribution in [0.2, 0.25) is 0 Å². The SMILES string of the molecule is C=C(/C(C(C)=C(C)C)=C(/C)N)N1CC2C=CC=CC(C2)C(=NCCCN(C)C)N1. The van der Waals surface area contributed by atoms with Gasteiger partial charge in [0.15, 0.2) is 0 Å². The Morgan fingerprint density at radius 2 is 1.93 bits per heavy atom. The summed E-state index contributed by atoms with van der Waals surface area (Å²) in [5, 5.41) is 2.15. The molecule has 5 heteroatoms. The summed E-state index contributed by atoms with van der Waals surface area (Å²) in [5.74, 6) is 1.75. The van der Waals surface area contributed by atoms with Crippen molar-refractivity contribution in [3.63, 3.8) is 0 Å². The molecule has 29 heavy (non-hydrogen) atoms. The van der Waals surface area contributed by atoms with Crippen LogP contribution in [0.5, 0.6) is 0 Å². The molecule has 0 radical (unpaired) electrons. The van der Waals surface area contributed by atoms with E-state index in [-0.39, 0.29) is 0 Å². The molecule has 2 unspecified atom stereocenters. The molecule has 0 aromatic rings. The number of hydrogen-bond acceptors (Lipinski definition) is 4. The zero-order chi connectivity index (χ0) is 21.6. The summed E-state index contributed by atoms with van der Waals surface area (Å²) in [6, 6.07) is 0. The van der Waals surface area contributed by atoms with Crippen molar-refractivity contribution in [3.8, 4) is 0 Å². The molecule has 2 rings (SSSR count). The fourth-order valence-electron chi connectivity index (χ4n) is 3.78. The predicted octanol–water partition coefficient (Wildman–Crippen LogP) is 4.01. The Labute approximate surface area is 177 Å². The summed E-state index contributed by atoms with van der Waals surface area (Å²) < 4.78 is 0. The molecule has 160 valence electrons. The standard InChI is InChI=1S/C24H39N5/c1-17(2)18(3)23(19(4)25)20(5)29-16-21-11-8-9-12-22(15-21)24(27-29)26-13-10-14-28(6)7/h8-9,11-12,21-22H,5,10,13-16,25H2,1-4,6-7H3,(H,26,27)/b23-19-. The predicted molar refractivity (Wildman–Crippen MR) is 125 cm³/mol. The number of amidine groups is 1. The Morgan fingerprint density at radius 3 is 2.55 bits per heavy atom. The first-order valence-corrected chi connectivity index (χ1v) is 10.6. The van der Waals surface area contributed by atoms with Gasteiger partial charge in [-0.15, -0.1) is 0 Å². The number of nitrogens with one attached hydrogen (secondary N) is 1. The maximum Gasteiger partial charge on any atom is 0.122 e. The minimum absolute atomic E-state index is 0.295. The average Bonchev–Trinajstić information content (AvgIpc) is 2.97. The highest BCUT2D eigenvalue weighted by Gasteiger charge is 2.29. The molecule has 1 fully saturated rings. The van der Waals surface area contributed by atoms with Gasteiger partial charge in [-0.05, 0) is 72.7 Å². The minimum atomic E-state index is 0.295. The molecular weight excluding hydrogens is 358 g/mol. The second-order valence-corrected chi connectivity index (χ2v) is 8.65. The Bertz CT molecular complexity index is 743. The molecule has 0 saturated carbocycles. The third-order valence-electron chi connectivity index (χ3n) is 5.59. The third kappa shape index (κ3) is 6.36. The Balaban J connectivity index is 2.32. The monoisotopic (exact) mass is 397 g/mol. The minimum Gasteiger partial charge on any atom is -0.402 e. The lowest BCUT2D eigenvalue weighted by Crippen LogP contribution is -2.43. The first kappa shape index (κ1) is 23.0. The van der Waals surface area contributed by atoms with Crippen molar-refractivity contribution < 1.29 is 0 Å². The summed E-state index contributed by atoms with van der Waals surface area (Å²) in [6.45, 7) is 15.4. The molecule has 2 bridgehead atoms. The van der Waals surface area contributed by atoms with E-state index in [4.69, 9.17) is 10.7 Å². The van der Waals surface area contributed by atoms with Gasteiger partial charge >= 0.3 is 0 Å². The average molecular weight is 398 g/mol. The van der Waals surface area contributed by atoms with Crippen molar-refractivity contribution in [1.29, 1.82) is 0 Å². The van der Waals surface area contributed by atoms with E-state index in [2.05, 4.69) is 81.1 Å².